The number of hydrogen-bond donors (Lipinski definition) is 1. The fraction of sp³-hybridized carbons (Fsp3) is 0.188. The summed E-state index contributed by atoms with van der Waals surface area (Å²) in [6, 6.07) is 15.9. The molecule has 3 rings (SSSR count). The van der Waals surface area contributed by atoms with Crippen LogP contribution in [0, 0.1) is 5.82 Å². The Bertz CT molecular complexity index is 605. The summed E-state index contributed by atoms with van der Waals surface area (Å²) in [5.74, 6) is -0.525. The second-order valence-corrected chi connectivity index (χ2v) is 4.88. The van der Waals surface area contributed by atoms with Gasteiger partial charge in [0.2, 0.25) is 5.91 Å². The SMILES string of the molecule is O=C(Nc1ccccc1F)C1(c2ccccc2)CC1. The lowest BCUT2D eigenvalue weighted by Gasteiger charge is -2.16. The van der Waals surface area contributed by atoms with Crippen molar-refractivity contribution in [1.82, 2.24) is 0 Å². The van der Waals surface area contributed by atoms with Gasteiger partial charge in [0.15, 0.2) is 0 Å². The molecule has 0 unspecified atom stereocenters. The van der Waals surface area contributed by atoms with Gasteiger partial charge in [-0.05, 0) is 30.5 Å². The number of halogens is 1. The molecule has 1 aliphatic carbocycles. The third-order valence-electron chi connectivity index (χ3n) is 3.63. The molecule has 1 amide bonds. The highest BCUT2D eigenvalue weighted by molar-refractivity contribution is 6.01. The van der Waals surface area contributed by atoms with Crippen LogP contribution in [0.4, 0.5) is 10.1 Å². The Morgan fingerprint density at radius 1 is 1.00 bits per heavy atom. The van der Waals surface area contributed by atoms with Gasteiger partial charge in [0.05, 0.1) is 11.1 Å². The van der Waals surface area contributed by atoms with Crippen LogP contribution in [0.3, 0.4) is 0 Å². The molecular formula is C16H14FNO. The van der Waals surface area contributed by atoms with E-state index in [0.29, 0.717) is 0 Å². The first-order valence-corrected chi connectivity index (χ1v) is 6.34. The first-order chi connectivity index (χ1) is 9.22. The second kappa shape index (κ2) is 4.50. The Hall–Kier alpha value is -2.16. The van der Waals surface area contributed by atoms with Gasteiger partial charge < -0.3 is 5.32 Å². The maximum atomic E-state index is 13.5. The van der Waals surface area contributed by atoms with Crippen molar-refractivity contribution in [3.63, 3.8) is 0 Å². The van der Waals surface area contributed by atoms with E-state index in [2.05, 4.69) is 5.32 Å². The quantitative estimate of drug-likeness (QED) is 0.893. The van der Waals surface area contributed by atoms with E-state index in [-0.39, 0.29) is 11.6 Å². The molecule has 0 atom stereocenters. The zero-order valence-electron chi connectivity index (χ0n) is 10.4. The predicted octanol–water partition coefficient (Wildman–Crippen LogP) is 3.50. The van der Waals surface area contributed by atoms with Crippen molar-refractivity contribution in [2.45, 2.75) is 18.3 Å². The van der Waals surface area contributed by atoms with Gasteiger partial charge in [0.25, 0.3) is 0 Å². The van der Waals surface area contributed by atoms with E-state index < -0.39 is 11.2 Å². The van der Waals surface area contributed by atoms with E-state index in [4.69, 9.17) is 0 Å². The van der Waals surface area contributed by atoms with Crippen LogP contribution in [0.2, 0.25) is 0 Å². The van der Waals surface area contributed by atoms with Gasteiger partial charge in [-0.1, -0.05) is 42.5 Å². The minimum atomic E-state index is -0.469. The molecular weight excluding hydrogens is 241 g/mol. The summed E-state index contributed by atoms with van der Waals surface area (Å²) in [4.78, 5) is 12.4. The van der Waals surface area contributed by atoms with Crippen LogP contribution < -0.4 is 5.32 Å². The Morgan fingerprint density at radius 2 is 1.63 bits per heavy atom. The molecule has 0 bridgehead atoms. The van der Waals surface area contributed by atoms with Gasteiger partial charge in [-0.25, -0.2) is 4.39 Å². The molecule has 2 aromatic carbocycles. The molecule has 1 fully saturated rings. The van der Waals surface area contributed by atoms with E-state index in [1.54, 1.807) is 18.2 Å². The topological polar surface area (TPSA) is 29.1 Å². The normalized spacial score (nSPS) is 15.8. The van der Waals surface area contributed by atoms with Crippen molar-refractivity contribution < 1.29 is 9.18 Å². The van der Waals surface area contributed by atoms with Crippen LogP contribution in [0.25, 0.3) is 0 Å². The number of benzene rings is 2. The lowest BCUT2D eigenvalue weighted by atomic mass is 9.95. The number of anilines is 1. The van der Waals surface area contributed by atoms with E-state index in [1.165, 1.54) is 6.07 Å². The summed E-state index contributed by atoms with van der Waals surface area (Å²) in [6.07, 6.45) is 1.63. The maximum Gasteiger partial charge on any atom is 0.235 e. The van der Waals surface area contributed by atoms with E-state index in [1.807, 2.05) is 30.3 Å². The van der Waals surface area contributed by atoms with Gasteiger partial charge in [0, 0.05) is 0 Å². The van der Waals surface area contributed by atoms with Crippen LogP contribution in [0.1, 0.15) is 18.4 Å². The predicted molar refractivity (Wildman–Crippen MR) is 72.4 cm³/mol. The van der Waals surface area contributed by atoms with E-state index in [0.717, 1.165) is 18.4 Å². The van der Waals surface area contributed by atoms with Crippen molar-refractivity contribution in [3.8, 4) is 0 Å². The molecule has 0 heterocycles. The van der Waals surface area contributed by atoms with Crippen LogP contribution in [0.5, 0.6) is 0 Å². The van der Waals surface area contributed by atoms with Crippen molar-refractivity contribution in [2.24, 2.45) is 0 Å². The Labute approximate surface area is 111 Å². The minimum Gasteiger partial charge on any atom is -0.323 e. The largest absolute Gasteiger partial charge is 0.323 e. The first-order valence-electron chi connectivity index (χ1n) is 6.34. The summed E-state index contributed by atoms with van der Waals surface area (Å²) in [5, 5.41) is 2.70. The van der Waals surface area contributed by atoms with E-state index in [9.17, 15) is 9.18 Å². The highest BCUT2D eigenvalue weighted by Gasteiger charge is 2.51. The fourth-order valence-corrected chi connectivity index (χ4v) is 2.33. The van der Waals surface area contributed by atoms with Crippen molar-refractivity contribution in [2.75, 3.05) is 5.32 Å². The zero-order valence-corrected chi connectivity index (χ0v) is 10.4. The molecule has 2 aromatic rings. The summed E-state index contributed by atoms with van der Waals surface area (Å²) in [7, 11) is 0. The van der Waals surface area contributed by atoms with Crippen LogP contribution in [-0.2, 0) is 10.2 Å². The number of hydrogen-bond acceptors (Lipinski definition) is 1. The van der Waals surface area contributed by atoms with Gasteiger partial charge >= 0.3 is 0 Å². The second-order valence-electron chi connectivity index (χ2n) is 4.88. The molecule has 0 spiro atoms. The lowest BCUT2D eigenvalue weighted by molar-refractivity contribution is -0.118. The van der Waals surface area contributed by atoms with Gasteiger partial charge in [-0.3, -0.25) is 4.79 Å². The molecule has 1 N–H and O–H groups in total. The molecule has 3 heteroatoms. The van der Waals surface area contributed by atoms with Crippen LogP contribution >= 0.6 is 0 Å². The Balaban J connectivity index is 1.84. The van der Waals surface area contributed by atoms with Crippen LogP contribution in [-0.4, -0.2) is 5.91 Å². The number of carbonyl (C=O) groups is 1. The van der Waals surface area contributed by atoms with Gasteiger partial charge in [-0.2, -0.15) is 0 Å². The van der Waals surface area contributed by atoms with Crippen molar-refractivity contribution in [1.29, 1.82) is 0 Å². The van der Waals surface area contributed by atoms with Gasteiger partial charge in [0.1, 0.15) is 5.82 Å². The van der Waals surface area contributed by atoms with Gasteiger partial charge in [-0.15, -0.1) is 0 Å². The molecule has 1 saturated carbocycles. The minimum absolute atomic E-state index is 0.121. The highest BCUT2D eigenvalue weighted by Crippen LogP contribution is 2.48. The fourth-order valence-electron chi connectivity index (χ4n) is 2.33. The number of carbonyl (C=O) groups excluding carboxylic acids is 1. The molecule has 2 nitrogen and oxygen atoms in total. The lowest BCUT2D eigenvalue weighted by Crippen LogP contribution is -2.28. The average molecular weight is 255 g/mol. The summed E-state index contributed by atoms with van der Waals surface area (Å²) < 4.78 is 13.5. The summed E-state index contributed by atoms with van der Waals surface area (Å²) in [5.41, 5.74) is 0.780. The smallest absolute Gasteiger partial charge is 0.235 e. The van der Waals surface area contributed by atoms with E-state index >= 15 is 0 Å². The average Bonchev–Trinajstić information content (AvgIpc) is 3.24. The number of para-hydroxylation sites is 1. The number of nitrogens with one attached hydrogen (secondary N) is 1. The molecule has 0 aromatic heterocycles. The van der Waals surface area contributed by atoms with Crippen molar-refractivity contribution in [3.05, 3.63) is 66.0 Å². The molecule has 96 valence electrons. The van der Waals surface area contributed by atoms with Crippen molar-refractivity contribution >= 4 is 11.6 Å². The molecule has 1 aliphatic rings. The number of rotatable bonds is 3. The standard InChI is InChI=1S/C16H14FNO/c17-13-8-4-5-9-14(13)18-15(19)16(10-11-16)12-6-2-1-3-7-12/h1-9H,10-11H2,(H,18,19). The molecule has 0 saturated heterocycles. The third-order valence-corrected chi connectivity index (χ3v) is 3.63. The summed E-state index contributed by atoms with van der Waals surface area (Å²) in [6.45, 7) is 0. The number of amides is 1. The zero-order chi connectivity index (χ0) is 13.3. The molecule has 0 aliphatic heterocycles. The Kier molecular flexibility index (Phi) is 2.82. The molecule has 0 radical (unpaired) electrons. The first kappa shape index (κ1) is 11.9. The monoisotopic (exact) mass is 255 g/mol. The highest BCUT2D eigenvalue weighted by atomic mass is 19.1. The summed E-state index contributed by atoms with van der Waals surface area (Å²) >= 11 is 0. The Morgan fingerprint density at radius 3 is 2.26 bits per heavy atom. The van der Waals surface area contributed by atoms with Crippen LogP contribution in [0.15, 0.2) is 54.6 Å². The molecule has 19 heavy (non-hydrogen) atoms. The third kappa shape index (κ3) is 2.12. The maximum absolute atomic E-state index is 13.5.